The van der Waals surface area contributed by atoms with Crippen LogP contribution >= 0.6 is 11.6 Å². The van der Waals surface area contributed by atoms with Crippen LogP contribution in [0.4, 0.5) is 11.4 Å². The molecule has 0 radical (unpaired) electrons. The molecular weight excluding hydrogens is 374 g/mol. The maximum absolute atomic E-state index is 12.8. The molecule has 0 aliphatic carbocycles. The second-order valence-electron chi connectivity index (χ2n) is 6.10. The first-order chi connectivity index (χ1) is 12.4. The Morgan fingerprint density at radius 2 is 1.69 bits per heavy atom. The minimum absolute atomic E-state index is 0.303. The van der Waals surface area contributed by atoms with Gasteiger partial charge in [-0.15, -0.1) is 0 Å². The molecule has 1 N–H and O–H groups in total. The van der Waals surface area contributed by atoms with Crippen LogP contribution in [-0.2, 0) is 14.8 Å². The Morgan fingerprint density at radius 1 is 1.04 bits per heavy atom. The normalized spacial score (nSPS) is 15.7. The number of rotatable bonds is 5. The van der Waals surface area contributed by atoms with Crippen molar-refractivity contribution in [3.8, 4) is 0 Å². The van der Waals surface area contributed by atoms with E-state index in [1.54, 1.807) is 42.5 Å². The van der Waals surface area contributed by atoms with Crippen LogP contribution in [0.15, 0.2) is 47.4 Å². The standard InChI is InChI=1S/C18H20ClN3O3S/c1-14-5-7-15(8-6-14)26(24,25)22-11-9-21(10-12-22)18-16(19)3-2-4-17(18)20-13-23/h2-8,13H,9-12H2,1H3,(H,20,23). The summed E-state index contributed by atoms with van der Waals surface area (Å²) in [4.78, 5) is 13.1. The summed E-state index contributed by atoms with van der Waals surface area (Å²) in [6, 6.07) is 12.1. The fourth-order valence-electron chi connectivity index (χ4n) is 3.03. The van der Waals surface area contributed by atoms with Crippen molar-refractivity contribution < 1.29 is 13.2 Å². The Bertz CT molecular complexity index is 892. The molecule has 8 heteroatoms. The van der Waals surface area contributed by atoms with Crippen molar-refractivity contribution in [3.05, 3.63) is 53.1 Å². The van der Waals surface area contributed by atoms with Crippen LogP contribution in [0, 0.1) is 6.92 Å². The average Bonchev–Trinajstić information content (AvgIpc) is 2.63. The van der Waals surface area contributed by atoms with Crippen molar-refractivity contribution in [1.29, 1.82) is 0 Å². The summed E-state index contributed by atoms with van der Waals surface area (Å²) in [6.07, 6.45) is 0.604. The van der Waals surface area contributed by atoms with E-state index in [0.29, 0.717) is 53.9 Å². The highest BCUT2D eigenvalue weighted by Gasteiger charge is 2.29. The summed E-state index contributed by atoms with van der Waals surface area (Å²) >= 11 is 6.31. The van der Waals surface area contributed by atoms with Gasteiger partial charge in [-0.1, -0.05) is 35.4 Å². The number of hydrogen-bond donors (Lipinski definition) is 1. The first-order valence-electron chi connectivity index (χ1n) is 8.24. The molecule has 0 spiro atoms. The van der Waals surface area contributed by atoms with Crippen molar-refractivity contribution in [1.82, 2.24) is 4.31 Å². The van der Waals surface area contributed by atoms with Crippen LogP contribution in [0.3, 0.4) is 0 Å². The molecule has 0 unspecified atom stereocenters. The van der Waals surface area contributed by atoms with E-state index >= 15 is 0 Å². The topological polar surface area (TPSA) is 69.7 Å². The molecule has 3 rings (SSSR count). The quantitative estimate of drug-likeness (QED) is 0.793. The van der Waals surface area contributed by atoms with Crippen molar-refractivity contribution in [2.24, 2.45) is 0 Å². The molecule has 6 nitrogen and oxygen atoms in total. The van der Waals surface area contributed by atoms with Crippen molar-refractivity contribution in [3.63, 3.8) is 0 Å². The van der Waals surface area contributed by atoms with Gasteiger partial charge in [0.15, 0.2) is 0 Å². The number of nitrogens with zero attached hydrogens (tertiary/aromatic N) is 2. The Morgan fingerprint density at radius 3 is 2.31 bits per heavy atom. The van der Waals surface area contributed by atoms with Crippen molar-refractivity contribution in [2.75, 3.05) is 36.4 Å². The molecule has 138 valence electrons. The minimum atomic E-state index is -3.51. The fourth-order valence-corrected chi connectivity index (χ4v) is 4.74. The van der Waals surface area contributed by atoms with Gasteiger partial charge in [-0.05, 0) is 31.2 Å². The van der Waals surface area contributed by atoms with E-state index in [0.717, 1.165) is 5.56 Å². The Kier molecular flexibility index (Phi) is 5.50. The van der Waals surface area contributed by atoms with E-state index in [1.165, 1.54) is 4.31 Å². The zero-order chi connectivity index (χ0) is 18.7. The van der Waals surface area contributed by atoms with Crippen molar-refractivity contribution >= 4 is 39.4 Å². The van der Waals surface area contributed by atoms with Crippen LogP contribution in [0.5, 0.6) is 0 Å². The van der Waals surface area contributed by atoms with E-state index in [1.807, 2.05) is 11.8 Å². The van der Waals surface area contributed by atoms with Gasteiger partial charge in [0.05, 0.1) is 21.3 Å². The zero-order valence-corrected chi connectivity index (χ0v) is 15.9. The van der Waals surface area contributed by atoms with E-state index in [-0.39, 0.29) is 0 Å². The molecule has 2 aromatic rings. The van der Waals surface area contributed by atoms with Crippen LogP contribution in [0.25, 0.3) is 0 Å². The summed E-state index contributed by atoms with van der Waals surface area (Å²) in [5.74, 6) is 0. The first-order valence-corrected chi connectivity index (χ1v) is 10.1. The molecule has 1 aliphatic heterocycles. The summed E-state index contributed by atoms with van der Waals surface area (Å²) in [5.41, 5.74) is 2.35. The van der Waals surface area contributed by atoms with E-state index in [9.17, 15) is 13.2 Å². The van der Waals surface area contributed by atoms with Crippen molar-refractivity contribution in [2.45, 2.75) is 11.8 Å². The Balaban J connectivity index is 1.78. The highest BCUT2D eigenvalue weighted by molar-refractivity contribution is 7.89. The second-order valence-corrected chi connectivity index (χ2v) is 8.45. The third-order valence-electron chi connectivity index (χ3n) is 4.41. The molecule has 1 saturated heterocycles. The summed E-state index contributed by atoms with van der Waals surface area (Å²) in [6.45, 7) is 3.60. The Hall–Kier alpha value is -2.09. The number of carbonyl (C=O) groups is 1. The molecule has 1 fully saturated rings. The average molecular weight is 394 g/mol. The SMILES string of the molecule is Cc1ccc(S(=O)(=O)N2CCN(c3c(Cl)cccc3NC=O)CC2)cc1. The van der Waals surface area contributed by atoms with Gasteiger partial charge in [-0.2, -0.15) is 4.31 Å². The van der Waals surface area contributed by atoms with Crippen LogP contribution in [0.1, 0.15) is 5.56 Å². The van der Waals surface area contributed by atoms with Crippen LogP contribution in [0.2, 0.25) is 5.02 Å². The largest absolute Gasteiger partial charge is 0.366 e. The lowest BCUT2D eigenvalue weighted by atomic mass is 10.2. The monoisotopic (exact) mass is 393 g/mol. The zero-order valence-electron chi connectivity index (χ0n) is 14.4. The van der Waals surface area contributed by atoms with Crippen LogP contribution < -0.4 is 10.2 Å². The molecule has 1 amide bonds. The number of nitrogens with one attached hydrogen (secondary N) is 1. The lowest BCUT2D eigenvalue weighted by Crippen LogP contribution is -2.48. The van der Waals surface area contributed by atoms with Crippen LogP contribution in [-0.4, -0.2) is 45.3 Å². The van der Waals surface area contributed by atoms with E-state index in [4.69, 9.17) is 11.6 Å². The molecule has 2 aromatic carbocycles. The van der Waals surface area contributed by atoms with E-state index in [2.05, 4.69) is 5.32 Å². The third-order valence-corrected chi connectivity index (χ3v) is 6.63. The van der Waals surface area contributed by atoms with Gasteiger partial charge in [0.1, 0.15) is 0 Å². The number of hydrogen-bond acceptors (Lipinski definition) is 4. The molecule has 1 heterocycles. The third kappa shape index (κ3) is 3.70. The minimum Gasteiger partial charge on any atom is -0.366 e. The molecule has 0 saturated carbocycles. The highest BCUT2D eigenvalue weighted by atomic mass is 35.5. The number of para-hydroxylation sites is 1. The fraction of sp³-hybridized carbons (Fsp3) is 0.278. The van der Waals surface area contributed by atoms with Gasteiger partial charge < -0.3 is 10.2 Å². The number of piperazine rings is 1. The Labute approximate surface area is 158 Å². The molecule has 1 aliphatic rings. The number of benzene rings is 2. The number of aryl methyl sites for hydroxylation is 1. The molecule has 26 heavy (non-hydrogen) atoms. The lowest BCUT2D eigenvalue weighted by Gasteiger charge is -2.36. The molecule has 0 bridgehead atoms. The lowest BCUT2D eigenvalue weighted by molar-refractivity contribution is -0.105. The van der Waals surface area contributed by atoms with E-state index < -0.39 is 10.0 Å². The van der Waals surface area contributed by atoms with Gasteiger partial charge >= 0.3 is 0 Å². The van der Waals surface area contributed by atoms with Gasteiger partial charge in [0.2, 0.25) is 16.4 Å². The molecular formula is C18H20ClN3O3S. The predicted octanol–water partition coefficient (Wildman–Crippen LogP) is 2.73. The number of anilines is 2. The van der Waals surface area contributed by atoms with Gasteiger partial charge in [0.25, 0.3) is 0 Å². The second kappa shape index (κ2) is 7.65. The molecule has 0 atom stereocenters. The smallest absolute Gasteiger partial charge is 0.243 e. The maximum atomic E-state index is 12.8. The predicted molar refractivity (Wildman–Crippen MR) is 103 cm³/mol. The number of sulfonamides is 1. The van der Waals surface area contributed by atoms with Gasteiger partial charge in [0, 0.05) is 26.2 Å². The highest BCUT2D eigenvalue weighted by Crippen LogP contribution is 2.34. The maximum Gasteiger partial charge on any atom is 0.243 e. The first kappa shape index (κ1) is 18.7. The number of halogens is 1. The molecule has 0 aromatic heterocycles. The van der Waals surface area contributed by atoms with Gasteiger partial charge in [-0.25, -0.2) is 8.42 Å². The summed E-state index contributed by atoms with van der Waals surface area (Å²) < 4.78 is 27.1. The number of amides is 1. The van der Waals surface area contributed by atoms with Gasteiger partial charge in [-0.3, -0.25) is 4.79 Å². The summed E-state index contributed by atoms with van der Waals surface area (Å²) in [5, 5.41) is 3.17. The number of carbonyl (C=O) groups excluding carboxylic acids is 1. The summed E-state index contributed by atoms with van der Waals surface area (Å²) in [7, 11) is -3.51.